The lowest BCUT2D eigenvalue weighted by atomic mass is 10.1. The molecule has 1 atom stereocenters. The van der Waals surface area contributed by atoms with Crippen LogP contribution in [0.1, 0.15) is 22.8 Å². The van der Waals surface area contributed by atoms with Crippen LogP contribution in [0.3, 0.4) is 0 Å². The van der Waals surface area contributed by atoms with E-state index in [4.69, 9.17) is 5.11 Å². The Balaban J connectivity index is 2.62. The van der Waals surface area contributed by atoms with Crippen LogP contribution in [0.2, 0.25) is 0 Å². The lowest BCUT2D eigenvalue weighted by molar-refractivity contribution is 0.0696. The minimum absolute atomic E-state index is 0.193. The van der Waals surface area contributed by atoms with Crippen molar-refractivity contribution in [2.75, 3.05) is 23.9 Å². The number of hydrogen-bond donors (Lipinski definition) is 3. The van der Waals surface area contributed by atoms with Crippen molar-refractivity contribution >= 4 is 29.4 Å². The summed E-state index contributed by atoms with van der Waals surface area (Å²) in [5, 5.41) is 14.5. The van der Waals surface area contributed by atoms with Crippen molar-refractivity contribution in [1.29, 1.82) is 0 Å². The maximum absolute atomic E-state index is 11.8. The van der Waals surface area contributed by atoms with E-state index in [1.165, 1.54) is 6.07 Å². The molecule has 0 fully saturated rings. The number of carbonyl (C=O) groups is 2. The Morgan fingerprint density at radius 2 is 2.10 bits per heavy atom. The second-order valence-corrected chi connectivity index (χ2v) is 5.59. The van der Waals surface area contributed by atoms with E-state index in [2.05, 4.69) is 17.6 Å². The fraction of sp³-hybridized carbons (Fsp3) is 0.429. The molecule has 0 bridgehead atoms. The number of nitrogens with one attached hydrogen (secondary N) is 2. The third kappa shape index (κ3) is 4.77. The summed E-state index contributed by atoms with van der Waals surface area (Å²) in [6, 6.07) is 4.50. The van der Waals surface area contributed by atoms with Gasteiger partial charge >= 0.3 is 12.0 Å². The van der Waals surface area contributed by atoms with Gasteiger partial charge in [0.25, 0.3) is 0 Å². The van der Waals surface area contributed by atoms with Crippen molar-refractivity contribution in [2.24, 2.45) is 5.92 Å². The quantitative estimate of drug-likeness (QED) is 0.754. The van der Waals surface area contributed by atoms with Gasteiger partial charge in [0.1, 0.15) is 0 Å². The number of hydrogen-bond acceptors (Lipinski definition) is 3. The fourth-order valence-corrected chi connectivity index (χ4v) is 2.47. The minimum atomic E-state index is -1.000. The predicted molar refractivity (Wildman–Crippen MR) is 82.7 cm³/mol. The molecule has 0 aromatic heterocycles. The van der Waals surface area contributed by atoms with Gasteiger partial charge in [-0.05, 0) is 42.5 Å². The molecule has 3 N–H and O–H groups in total. The number of thioether (sulfide) groups is 1. The molecule has 0 aliphatic heterocycles. The van der Waals surface area contributed by atoms with Gasteiger partial charge in [0, 0.05) is 12.2 Å². The van der Waals surface area contributed by atoms with Crippen molar-refractivity contribution in [3.8, 4) is 0 Å². The highest BCUT2D eigenvalue weighted by Crippen LogP contribution is 2.18. The number of urea groups is 1. The van der Waals surface area contributed by atoms with Gasteiger partial charge in [-0.15, -0.1) is 0 Å². The van der Waals surface area contributed by atoms with Gasteiger partial charge in [-0.2, -0.15) is 11.8 Å². The maximum Gasteiger partial charge on any atom is 0.336 e. The molecule has 0 aliphatic carbocycles. The molecule has 0 radical (unpaired) electrons. The summed E-state index contributed by atoms with van der Waals surface area (Å²) in [6.45, 7) is 4.33. The second kappa shape index (κ2) is 7.79. The maximum atomic E-state index is 11.8. The first-order valence-electron chi connectivity index (χ1n) is 6.32. The molecule has 0 aliphatic rings. The number of rotatable bonds is 6. The third-order valence-corrected chi connectivity index (χ3v) is 3.78. The fourth-order valence-electron chi connectivity index (χ4n) is 1.78. The molecule has 0 spiro atoms. The highest BCUT2D eigenvalue weighted by molar-refractivity contribution is 7.98. The van der Waals surface area contributed by atoms with Crippen molar-refractivity contribution in [1.82, 2.24) is 5.32 Å². The summed E-state index contributed by atoms with van der Waals surface area (Å²) in [5.41, 5.74) is 1.26. The van der Waals surface area contributed by atoms with Gasteiger partial charge in [-0.3, -0.25) is 0 Å². The lowest BCUT2D eigenvalue weighted by Gasteiger charge is -2.14. The molecular weight excluding hydrogens is 276 g/mol. The Labute approximate surface area is 123 Å². The summed E-state index contributed by atoms with van der Waals surface area (Å²) >= 11 is 1.74. The molecule has 1 unspecified atom stereocenters. The van der Waals surface area contributed by atoms with Crippen LogP contribution in [-0.2, 0) is 0 Å². The van der Waals surface area contributed by atoms with E-state index < -0.39 is 5.97 Å². The standard InChI is InChI=1S/C14H20N2O3S/c1-9(8-20-3)7-15-14(19)16-12-6-4-5-11(10(12)2)13(17)18/h4-6,9H,7-8H2,1-3H3,(H,17,18)(H2,15,16,19). The van der Waals surface area contributed by atoms with E-state index in [1.807, 2.05) is 6.26 Å². The smallest absolute Gasteiger partial charge is 0.336 e. The molecule has 0 saturated heterocycles. The molecule has 6 heteroatoms. The van der Waals surface area contributed by atoms with Crippen LogP contribution in [-0.4, -0.2) is 35.7 Å². The zero-order valence-electron chi connectivity index (χ0n) is 11.9. The van der Waals surface area contributed by atoms with Crippen molar-refractivity contribution < 1.29 is 14.7 Å². The van der Waals surface area contributed by atoms with Gasteiger partial charge in [-0.1, -0.05) is 13.0 Å². The van der Waals surface area contributed by atoms with Gasteiger partial charge < -0.3 is 15.7 Å². The molecule has 2 amide bonds. The van der Waals surface area contributed by atoms with E-state index in [0.717, 1.165) is 5.75 Å². The van der Waals surface area contributed by atoms with Crippen LogP contribution in [0.4, 0.5) is 10.5 Å². The van der Waals surface area contributed by atoms with Crippen LogP contribution in [0.15, 0.2) is 18.2 Å². The SMILES string of the molecule is CSCC(C)CNC(=O)Nc1cccc(C(=O)O)c1C. The van der Waals surface area contributed by atoms with Crippen LogP contribution < -0.4 is 10.6 Å². The van der Waals surface area contributed by atoms with Crippen LogP contribution in [0, 0.1) is 12.8 Å². The van der Waals surface area contributed by atoms with Crippen molar-refractivity contribution in [3.63, 3.8) is 0 Å². The number of benzene rings is 1. The monoisotopic (exact) mass is 296 g/mol. The largest absolute Gasteiger partial charge is 0.478 e. The molecule has 1 rings (SSSR count). The average Bonchev–Trinajstić information content (AvgIpc) is 2.39. The molecule has 0 heterocycles. The van der Waals surface area contributed by atoms with E-state index >= 15 is 0 Å². The molecule has 20 heavy (non-hydrogen) atoms. The third-order valence-electron chi connectivity index (χ3n) is 2.87. The van der Waals surface area contributed by atoms with E-state index in [0.29, 0.717) is 23.7 Å². The van der Waals surface area contributed by atoms with Crippen LogP contribution in [0.5, 0.6) is 0 Å². The molecule has 5 nitrogen and oxygen atoms in total. The highest BCUT2D eigenvalue weighted by Gasteiger charge is 2.12. The molecule has 1 aromatic carbocycles. The van der Waals surface area contributed by atoms with E-state index in [-0.39, 0.29) is 11.6 Å². The molecule has 0 saturated carbocycles. The van der Waals surface area contributed by atoms with Crippen molar-refractivity contribution in [3.05, 3.63) is 29.3 Å². The van der Waals surface area contributed by atoms with E-state index in [1.54, 1.807) is 30.8 Å². The first kappa shape index (κ1) is 16.4. The number of aromatic carboxylic acids is 1. The Morgan fingerprint density at radius 3 is 2.70 bits per heavy atom. The first-order valence-corrected chi connectivity index (χ1v) is 7.71. The van der Waals surface area contributed by atoms with E-state index in [9.17, 15) is 9.59 Å². The van der Waals surface area contributed by atoms with Crippen LogP contribution >= 0.6 is 11.8 Å². The zero-order chi connectivity index (χ0) is 15.1. The number of anilines is 1. The Bertz CT molecular complexity index is 491. The van der Waals surface area contributed by atoms with Gasteiger partial charge in [0.2, 0.25) is 0 Å². The Morgan fingerprint density at radius 1 is 1.40 bits per heavy atom. The summed E-state index contributed by atoms with van der Waals surface area (Å²) in [7, 11) is 0. The van der Waals surface area contributed by atoms with Crippen molar-refractivity contribution in [2.45, 2.75) is 13.8 Å². The van der Waals surface area contributed by atoms with Gasteiger partial charge in [-0.25, -0.2) is 9.59 Å². The van der Waals surface area contributed by atoms with Gasteiger partial charge in [0.15, 0.2) is 0 Å². The lowest BCUT2D eigenvalue weighted by Crippen LogP contribution is -2.33. The molecular formula is C14H20N2O3S. The molecule has 110 valence electrons. The number of carbonyl (C=O) groups excluding carboxylic acids is 1. The number of carboxylic acids is 1. The second-order valence-electron chi connectivity index (χ2n) is 4.68. The topological polar surface area (TPSA) is 78.4 Å². The highest BCUT2D eigenvalue weighted by atomic mass is 32.2. The van der Waals surface area contributed by atoms with Crippen LogP contribution in [0.25, 0.3) is 0 Å². The summed E-state index contributed by atoms with van der Waals surface area (Å²) in [4.78, 5) is 22.8. The average molecular weight is 296 g/mol. The summed E-state index contributed by atoms with van der Waals surface area (Å²) < 4.78 is 0. The van der Waals surface area contributed by atoms with Gasteiger partial charge in [0.05, 0.1) is 5.56 Å². The summed E-state index contributed by atoms with van der Waals surface area (Å²) in [6.07, 6.45) is 2.03. The number of carboxylic acid groups (broad SMARTS) is 1. The first-order chi connectivity index (χ1) is 9.45. The Kier molecular flexibility index (Phi) is 6.38. The minimum Gasteiger partial charge on any atom is -0.478 e. The molecule has 1 aromatic rings. The zero-order valence-corrected chi connectivity index (χ0v) is 12.7. The summed E-state index contributed by atoms with van der Waals surface area (Å²) in [5.74, 6) is 0.371. The normalized spacial score (nSPS) is 11.8. The Hall–Kier alpha value is -1.69. The number of amides is 2. The predicted octanol–water partition coefficient (Wildman–Crippen LogP) is 2.81.